The first-order chi connectivity index (χ1) is 15.5. The van der Waals surface area contributed by atoms with E-state index in [9.17, 15) is 9.59 Å². The van der Waals surface area contributed by atoms with E-state index in [4.69, 9.17) is 12.2 Å². The molecule has 6 nitrogen and oxygen atoms in total. The Morgan fingerprint density at radius 3 is 2.56 bits per heavy atom. The maximum atomic E-state index is 12.7. The number of carbonyl (C=O) groups excluding carboxylic acids is 1. The zero-order valence-corrected chi connectivity index (χ0v) is 19.4. The highest BCUT2D eigenvalue weighted by Crippen LogP contribution is 2.18. The van der Waals surface area contributed by atoms with Crippen molar-refractivity contribution in [3.8, 4) is 0 Å². The van der Waals surface area contributed by atoms with Crippen molar-refractivity contribution in [2.45, 2.75) is 39.2 Å². The van der Waals surface area contributed by atoms with Crippen LogP contribution in [0.5, 0.6) is 0 Å². The number of aryl methyl sites for hydroxylation is 1. The summed E-state index contributed by atoms with van der Waals surface area (Å²) in [6.45, 7) is 5.97. The van der Waals surface area contributed by atoms with Crippen molar-refractivity contribution in [1.82, 2.24) is 14.5 Å². The van der Waals surface area contributed by atoms with Crippen molar-refractivity contribution in [3.63, 3.8) is 0 Å². The van der Waals surface area contributed by atoms with E-state index in [1.807, 2.05) is 29.2 Å². The number of carbonyl (C=O) groups is 1. The molecule has 1 aromatic heterocycles. The third-order valence-electron chi connectivity index (χ3n) is 6.16. The van der Waals surface area contributed by atoms with Crippen LogP contribution in [0.2, 0.25) is 0 Å². The number of aromatic amines is 1. The molecule has 0 radical (unpaired) electrons. The number of para-hydroxylation sites is 1. The lowest BCUT2D eigenvalue weighted by Crippen LogP contribution is -2.48. The van der Waals surface area contributed by atoms with Gasteiger partial charge in [-0.3, -0.25) is 14.2 Å². The molecule has 0 unspecified atom stereocenters. The summed E-state index contributed by atoms with van der Waals surface area (Å²) in [6, 6.07) is 15.9. The van der Waals surface area contributed by atoms with Gasteiger partial charge in [0.05, 0.1) is 10.9 Å². The molecule has 4 rings (SSSR count). The molecule has 2 heterocycles. The number of hydrogen-bond acceptors (Lipinski definition) is 4. The maximum absolute atomic E-state index is 12.7. The van der Waals surface area contributed by atoms with Gasteiger partial charge in [0.25, 0.3) is 5.56 Å². The first-order valence-electron chi connectivity index (χ1n) is 11.3. The van der Waals surface area contributed by atoms with Crippen LogP contribution in [0.1, 0.15) is 31.2 Å². The third-order valence-corrected chi connectivity index (χ3v) is 6.48. The number of piperazine rings is 1. The van der Waals surface area contributed by atoms with Gasteiger partial charge in [0.15, 0.2) is 4.77 Å². The van der Waals surface area contributed by atoms with Crippen molar-refractivity contribution >= 4 is 34.7 Å². The van der Waals surface area contributed by atoms with Gasteiger partial charge in [-0.1, -0.05) is 30.7 Å². The van der Waals surface area contributed by atoms with Crippen LogP contribution in [0.4, 0.5) is 5.69 Å². The third kappa shape index (κ3) is 5.10. The first kappa shape index (κ1) is 22.3. The molecule has 3 aromatic rings. The fourth-order valence-electron chi connectivity index (χ4n) is 4.32. The number of unbranched alkanes of at least 4 members (excludes halogenated alkanes) is 2. The largest absolute Gasteiger partial charge is 0.368 e. The van der Waals surface area contributed by atoms with Crippen molar-refractivity contribution in [1.29, 1.82) is 0 Å². The minimum atomic E-state index is -0.0492. The molecule has 2 aromatic carbocycles. The Hall–Kier alpha value is -2.93. The smallest absolute Gasteiger partial charge is 0.262 e. The number of nitrogens with one attached hydrogen (secondary N) is 1. The number of H-pyrrole nitrogens is 1. The maximum Gasteiger partial charge on any atom is 0.262 e. The van der Waals surface area contributed by atoms with E-state index < -0.39 is 0 Å². The van der Waals surface area contributed by atoms with Gasteiger partial charge in [-0.05, 0) is 61.8 Å². The molecule has 32 heavy (non-hydrogen) atoms. The van der Waals surface area contributed by atoms with Gasteiger partial charge in [-0.15, -0.1) is 0 Å². The molecule has 1 aliphatic rings. The number of hydrogen-bond donors (Lipinski definition) is 1. The Balaban J connectivity index is 1.21. The Morgan fingerprint density at radius 1 is 1.00 bits per heavy atom. The summed E-state index contributed by atoms with van der Waals surface area (Å²) in [5.41, 5.74) is 3.21. The fraction of sp³-hybridized carbons (Fsp3) is 0.400. The van der Waals surface area contributed by atoms with E-state index in [1.54, 1.807) is 4.57 Å². The van der Waals surface area contributed by atoms with Crippen molar-refractivity contribution < 1.29 is 4.79 Å². The van der Waals surface area contributed by atoms with Crippen molar-refractivity contribution in [2.75, 3.05) is 31.1 Å². The Bertz CT molecular complexity index is 1210. The van der Waals surface area contributed by atoms with Gasteiger partial charge in [-0.2, -0.15) is 0 Å². The van der Waals surface area contributed by atoms with Crippen LogP contribution in [0.15, 0.2) is 53.3 Å². The van der Waals surface area contributed by atoms with Gasteiger partial charge in [0.2, 0.25) is 5.91 Å². The van der Waals surface area contributed by atoms with E-state index in [0.717, 1.165) is 51.0 Å². The lowest BCUT2D eigenvalue weighted by molar-refractivity contribution is -0.131. The summed E-state index contributed by atoms with van der Waals surface area (Å²) in [4.78, 5) is 32.8. The molecule has 1 amide bonds. The number of rotatable bonds is 7. The molecule has 1 N–H and O–H groups in total. The molecule has 1 aliphatic heterocycles. The Morgan fingerprint density at radius 2 is 1.78 bits per heavy atom. The zero-order valence-electron chi connectivity index (χ0n) is 18.5. The number of fused-ring (bicyclic) bond motifs is 1. The first-order valence-corrected chi connectivity index (χ1v) is 11.7. The van der Waals surface area contributed by atoms with E-state index in [-0.39, 0.29) is 11.5 Å². The molecule has 0 atom stereocenters. The number of anilines is 1. The van der Waals surface area contributed by atoms with Crippen LogP contribution in [-0.4, -0.2) is 46.5 Å². The summed E-state index contributed by atoms with van der Waals surface area (Å²) < 4.78 is 2.08. The molecule has 0 aliphatic carbocycles. The van der Waals surface area contributed by atoms with E-state index >= 15 is 0 Å². The van der Waals surface area contributed by atoms with E-state index in [0.29, 0.717) is 23.1 Å². The predicted octanol–water partition coefficient (Wildman–Crippen LogP) is 4.28. The van der Waals surface area contributed by atoms with Crippen molar-refractivity contribution in [2.24, 2.45) is 0 Å². The summed E-state index contributed by atoms with van der Waals surface area (Å²) in [5, 5.41) is 0.654. The van der Waals surface area contributed by atoms with Crippen LogP contribution in [0, 0.1) is 11.7 Å². The SMILES string of the molecule is Cc1cccc(N2CCN(C(=O)CCCCCn3c(=S)[nH]c4ccccc4c3=O)CC2)c1. The molecule has 0 spiro atoms. The highest BCUT2D eigenvalue weighted by molar-refractivity contribution is 7.71. The fourth-order valence-corrected chi connectivity index (χ4v) is 4.61. The zero-order chi connectivity index (χ0) is 22.5. The van der Waals surface area contributed by atoms with Gasteiger partial charge < -0.3 is 14.8 Å². The van der Waals surface area contributed by atoms with Crippen LogP contribution < -0.4 is 10.5 Å². The van der Waals surface area contributed by atoms with Gasteiger partial charge in [-0.25, -0.2) is 0 Å². The molecule has 1 fully saturated rings. The van der Waals surface area contributed by atoms with Gasteiger partial charge in [0, 0.05) is 44.8 Å². The average molecular weight is 451 g/mol. The monoisotopic (exact) mass is 450 g/mol. The highest BCUT2D eigenvalue weighted by atomic mass is 32.1. The molecule has 7 heteroatoms. The molecule has 1 saturated heterocycles. The predicted molar refractivity (Wildman–Crippen MR) is 132 cm³/mol. The highest BCUT2D eigenvalue weighted by Gasteiger charge is 2.20. The summed E-state index contributed by atoms with van der Waals surface area (Å²) in [7, 11) is 0. The minimum Gasteiger partial charge on any atom is -0.368 e. The number of nitrogens with zero attached hydrogens (tertiary/aromatic N) is 3. The lowest BCUT2D eigenvalue weighted by Gasteiger charge is -2.36. The van der Waals surface area contributed by atoms with Crippen molar-refractivity contribution in [3.05, 3.63) is 69.2 Å². The molecule has 0 bridgehead atoms. The Kier molecular flexibility index (Phi) is 7.05. The standard InChI is InChI=1S/C25H30N4O2S/c1-19-8-7-9-20(18-19)27-14-16-28(17-15-27)23(30)12-3-2-6-13-29-24(31)21-10-4-5-11-22(21)26-25(29)32/h4-5,7-11,18H,2-3,6,12-17H2,1H3,(H,26,32). The number of benzene rings is 2. The van der Waals surface area contributed by atoms with Gasteiger partial charge >= 0.3 is 0 Å². The average Bonchev–Trinajstić information content (AvgIpc) is 2.80. The second-order valence-electron chi connectivity index (χ2n) is 8.45. The van der Waals surface area contributed by atoms with E-state index in [2.05, 4.69) is 41.1 Å². The molecule has 0 saturated carbocycles. The van der Waals surface area contributed by atoms with Crippen LogP contribution in [0.3, 0.4) is 0 Å². The summed E-state index contributed by atoms with van der Waals surface area (Å²) in [5.74, 6) is 0.231. The lowest BCUT2D eigenvalue weighted by atomic mass is 10.1. The number of amides is 1. The second-order valence-corrected chi connectivity index (χ2v) is 8.84. The van der Waals surface area contributed by atoms with Gasteiger partial charge in [0.1, 0.15) is 0 Å². The normalized spacial score (nSPS) is 14.2. The second kappa shape index (κ2) is 10.1. The Labute approximate surface area is 193 Å². The topological polar surface area (TPSA) is 61.3 Å². The molecule has 168 valence electrons. The van der Waals surface area contributed by atoms with Crippen LogP contribution in [0.25, 0.3) is 10.9 Å². The quantitative estimate of drug-likeness (QED) is 0.431. The summed E-state index contributed by atoms with van der Waals surface area (Å²) >= 11 is 5.37. The molecular formula is C25H30N4O2S. The number of aromatic nitrogens is 2. The minimum absolute atomic E-state index is 0.0492. The van der Waals surface area contributed by atoms with Crippen LogP contribution in [-0.2, 0) is 11.3 Å². The summed E-state index contributed by atoms with van der Waals surface area (Å²) in [6.07, 6.45) is 3.10. The molecular weight excluding hydrogens is 420 g/mol. The van der Waals surface area contributed by atoms with Crippen LogP contribution >= 0.6 is 12.2 Å². The van der Waals surface area contributed by atoms with E-state index in [1.165, 1.54) is 11.3 Å².